The summed E-state index contributed by atoms with van der Waals surface area (Å²) in [5, 5.41) is 3.01. The van der Waals surface area contributed by atoms with Crippen LogP contribution in [0.1, 0.15) is 38.8 Å². The van der Waals surface area contributed by atoms with Gasteiger partial charge in [0, 0.05) is 18.8 Å². The number of hydrogen-bond acceptors (Lipinski definition) is 1. The molecule has 0 aromatic heterocycles. The molecule has 0 radical (unpaired) electrons. The van der Waals surface area contributed by atoms with Gasteiger partial charge in [-0.05, 0) is 48.9 Å². The van der Waals surface area contributed by atoms with E-state index in [1.807, 2.05) is 23.1 Å². The van der Waals surface area contributed by atoms with Gasteiger partial charge in [0.2, 0.25) is 0 Å². The highest BCUT2D eigenvalue weighted by Crippen LogP contribution is 2.15. The van der Waals surface area contributed by atoms with E-state index >= 15 is 0 Å². The molecule has 0 spiro atoms. The van der Waals surface area contributed by atoms with Crippen molar-refractivity contribution in [2.45, 2.75) is 41.5 Å². The minimum Gasteiger partial charge on any atom is -0.324 e. The average molecular weight is 276 g/mol. The fourth-order valence-electron chi connectivity index (χ4n) is 2.14. The molecule has 0 saturated heterocycles. The van der Waals surface area contributed by atoms with E-state index in [1.165, 1.54) is 11.1 Å². The number of rotatable bonds is 5. The Morgan fingerprint density at radius 1 is 1.05 bits per heavy atom. The van der Waals surface area contributed by atoms with E-state index in [4.69, 9.17) is 0 Å². The summed E-state index contributed by atoms with van der Waals surface area (Å²) in [5.74, 6) is 0.943. The number of anilines is 1. The van der Waals surface area contributed by atoms with Gasteiger partial charge in [0.15, 0.2) is 0 Å². The number of nitrogens with one attached hydrogen (secondary N) is 1. The predicted molar refractivity (Wildman–Crippen MR) is 86.2 cm³/mol. The van der Waals surface area contributed by atoms with Gasteiger partial charge in [-0.2, -0.15) is 0 Å². The molecule has 0 bridgehead atoms. The number of urea groups is 1. The first-order valence-electron chi connectivity index (χ1n) is 7.42. The number of aryl methyl sites for hydroxylation is 2. The third kappa shape index (κ3) is 5.24. The second-order valence-electron chi connectivity index (χ2n) is 6.42. The first-order valence-corrected chi connectivity index (χ1v) is 7.42. The van der Waals surface area contributed by atoms with E-state index in [0.717, 1.165) is 18.8 Å². The topological polar surface area (TPSA) is 32.3 Å². The van der Waals surface area contributed by atoms with Crippen LogP contribution in [0.2, 0.25) is 0 Å². The Hall–Kier alpha value is -1.51. The molecular weight excluding hydrogens is 248 g/mol. The molecule has 0 unspecified atom stereocenters. The van der Waals surface area contributed by atoms with E-state index < -0.39 is 0 Å². The lowest BCUT2D eigenvalue weighted by molar-refractivity contribution is 0.196. The smallest absolute Gasteiger partial charge is 0.321 e. The van der Waals surface area contributed by atoms with Gasteiger partial charge in [-0.15, -0.1) is 0 Å². The van der Waals surface area contributed by atoms with Crippen molar-refractivity contribution in [3.63, 3.8) is 0 Å². The van der Waals surface area contributed by atoms with Crippen molar-refractivity contribution >= 4 is 11.7 Å². The molecule has 1 N–H and O–H groups in total. The Morgan fingerprint density at radius 3 is 2.05 bits per heavy atom. The van der Waals surface area contributed by atoms with Crippen LogP contribution in [0.5, 0.6) is 0 Å². The molecule has 0 fully saturated rings. The maximum absolute atomic E-state index is 12.4. The summed E-state index contributed by atoms with van der Waals surface area (Å²) in [6, 6.07) is 6.02. The van der Waals surface area contributed by atoms with E-state index in [9.17, 15) is 4.79 Å². The molecule has 3 nitrogen and oxygen atoms in total. The maximum atomic E-state index is 12.4. The fourth-order valence-corrected chi connectivity index (χ4v) is 2.14. The van der Waals surface area contributed by atoms with Crippen LogP contribution in [-0.4, -0.2) is 24.0 Å². The number of amides is 2. The monoisotopic (exact) mass is 276 g/mol. The van der Waals surface area contributed by atoms with Crippen LogP contribution in [0.25, 0.3) is 0 Å². The summed E-state index contributed by atoms with van der Waals surface area (Å²) < 4.78 is 0. The van der Waals surface area contributed by atoms with Gasteiger partial charge in [0.25, 0.3) is 0 Å². The summed E-state index contributed by atoms with van der Waals surface area (Å²) >= 11 is 0. The highest BCUT2D eigenvalue weighted by molar-refractivity contribution is 5.89. The van der Waals surface area contributed by atoms with Crippen molar-refractivity contribution in [3.05, 3.63) is 29.3 Å². The van der Waals surface area contributed by atoms with Gasteiger partial charge >= 0.3 is 6.03 Å². The van der Waals surface area contributed by atoms with E-state index in [-0.39, 0.29) is 6.03 Å². The Morgan fingerprint density at radius 2 is 1.60 bits per heavy atom. The molecular formula is C17H28N2O. The highest BCUT2D eigenvalue weighted by Gasteiger charge is 2.16. The molecule has 3 heteroatoms. The number of hydrogen-bond donors (Lipinski definition) is 1. The van der Waals surface area contributed by atoms with Crippen molar-refractivity contribution < 1.29 is 4.79 Å². The molecule has 112 valence electrons. The molecule has 0 aliphatic carbocycles. The van der Waals surface area contributed by atoms with Gasteiger partial charge in [-0.3, -0.25) is 0 Å². The van der Waals surface area contributed by atoms with Crippen molar-refractivity contribution in [1.29, 1.82) is 0 Å². The minimum absolute atomic E-state index is 0.00402. The summed E-state index contributed by atoms with van der Waals surface area (Å²) in [4.78, 5) is 14.3. The minimum atomic E-state index is -0.00402. The number of carbonyl (C=O) groups excluding carboxylic acids is 1. The van der Waals surface area contributed by atoms with E-state index in [0.29, 0.717) is 11.8 Å². The SMILES string of the molecule is Cc1ccc(NC(=O)N(CC(C)C)CC(C)C)cc1C. The Kier molecular flexibility index (Phi) is 6.05. The summed E-state index contributed by atoms with van der Waals surface area (Å²) in [7, 11) is 0. The van der Waals surface area contributed by atoms with Crippen LogP contribution in [0.15, 0.2) is 18.2 Å². The van der Waals surface area contributed by atoms with Crippen molar-refractivity contribution in [3.8, 4) is 0 Å². The van der Waals surface area contributed by atoms with Gasteiger partial charge < -0.3 is 10.2 Å². The lowest BCUT2D eigenvalue weighted by Crippen LogP contribution is -2.39. The zero-order valence-corrected chi connectivity index (χ0v) is 13.7. The summed E-state index contributed by atoms with van der Waals surface area (Å²) in [6.07, 6.45) is 0. The van der Waals surface area contributed by atoms with Gasteiger partial charge in [0.1, 0.15) is 0 Å². The molecule has 1 rings (SSSR count). The molecule has 0 atom stereocenters. The van der Waals surface area contributed by atoms with Crippen LogP contribution >= 0.6 is 0 Å². The van der Waals surface area contributed by atoms with Crippen molar-refractivity contribution in [2.75, 3.05) is 18.4 Å². The molecule has 0 heterocycles. The molecule has 1 aromatic carbocycles. The van der Waals surface area contributed by atoms with Crippen molar-refractivity contribution in [1.82, 2.24) is 4.90 Å². The number of benzene rings is 1. The predicted octanol–water partition coefficient (Wildman–Crippen LogP) is 4.45. The van der Waals surface area contributed by atoms with Crippen LogP contribution in [0.3, 0.4) is 0 Å². The standard InChI is InChI=1S/C17H28N2O/c1-12(2)10-19(11-13(3)4)17(20)18-16-8-7-14(5)15(6)9-16/h7-9,12-13H,10-11H2,1-6H3,(H,18,20). The quantitative estimate of drug-likeness (QED) is 0.846. The second kappa shape index (κ2) is 7.32. The molecule has 20 heavy (non-hydrogen) atoms. The fraction of sp³-hybridized carbons (Fsp3) is 0.588. The van der Waals surface area contributed by atoms with Gasteiger partial charge in [0.05, 0.1) is 0 Å². The zero-order chi connectivity index (χ0) is 15.3. The van der Waals surface area contributed by atoms with Crippen LogP contribution in [0.4, 0.5) is 10.5 Å². The third-order valence-corrected chi connectivity index (χ3v) is 3.22. The Bertz CT molecular complexity index is 442. The maximum Gasteiger partial charge on any atom is 0.321 e. The molecule has 0 aliphatic heterocycles. The van der Waals surface area contributed by atoms with Crippen molar-refractivity contribution in [2.24, 2.45) is 11.8 Å². The Balaban J connectivity index is 2.76. The third-order valence-electron chi connectivity index (χ3n) is 3.22. The largest absolute Gasteiger partial charge is 0.324 e. The lowest BCUT2D eigenvalue weighted by atomic mass is 10.1. The number of nitrogens with zero attached hydrogens (tertiary/aromatic N) is 1. The normalized spacial score (nSPS) is 11.0. The molecule has 0 aliphatic rings. The molecule has 1 aromatic rings. The van der Waals surface area contributed by atoms with Crippen LogP contribution in [-0.2, 0) is 0 Å². The average Bonchev–Trinajstić information content (AvgIpc) is 2.32. The van der Waals surface area contributed by atoms with Gasteiger partial charge in [-0.1, -0.05) is 33.8 Å². The highest BCUT2D eigenvalue weighted by atomic mass is 16.2. The summed E-state index contributed by atoms with van der Waals surface area (Å²) in [6.45, 7) is 14.2. The van der Waals surface area contributed by atoms with E-state index in [2.05, 4.69) is 46.9 Å². The van der Waals surface area contributed by atoms with Crippen LogP contribution in [0, 0.1) is 25.7 Å². The zero-order valence-electron chi connectivity index (χ0n) is 13.7. The molecule has 0 saturated carbocycles. The first kappa shape index (κ1) is 16.5. The van der Waals surface area contributed by atoms with Gasteiger partial charge in [-0.25, -0.2) is 4.79 Å². The van der Waals surface area contributed by atoms with E-state index in [1.54, 1.807) is 0 Å². The van der Waals surface area contributed by atoms with Crippen LogP contribution < -0.4 is 5.32 Å². The Labute approximate surface area is 123 Å². The second-order valence-corrected chi connectivity index (χ2v) is 6.42. The lowest BCUT2D eigenvalue weighted by Gasteiger charge is -2.26. The first-order chi connectivity index (χ1) is 9.29. The summed E-state index contributed by atoms with van der Waals surface area (Å²) in [5.41, 5.74) is 3.31. The number of carbonyl (C=O) groups is 1. The molecule has 2 amide bonds.